The summed E-state index contributed by atoms with van der Waals surface area (Å²) in [5.41, 5.74) is 5.14. The molecular weight excluding hydrogens is 250 g/mol. The lowest BCUT2D eigenvalue weighted by Gasteiger charge is -2.15. The Hall–Kier alpha value is -1.81. The first-order valence-electron chi connectivity index (χ1n) is 7.40. The van der Waals surface area contributed by atoms with Crippen molar-refractivity contribution < 1.29 is 4.74 Å². The minimum Gasteiger partial charge on any atom is -0.384 e. The second kappa shape index (κ2) is 4.94. The SMILES string of the molecule is c1cc2c(c(-c3cncn3CC3CCCO3)c1)NCC2. The standard InChI is InChI=1S/C16H19N3O/c1-3-12-6-7-18-16(12)14(5-1)15-9-17-11-19(15)10-13-4-2-8-20-13/h1,3,5,9,11,13,18H,2,4,6-8,10H2. The highest BCUT2D eigenvalue weighted by Crippen LogP contribution is 2.34. The third kappa shape index (κ3) is 2.00. The molecule has 1 atom stereocenters. The number of aromatic nitrogens is 2. The largest absolute Gasteiger partial charge is 0.384 e. The topological polar surface area (TPSA) is 39.1 Å². The molecular formula is C16H19N3O. The zero-order chi connectivity index (χ0) is 13.4. The van der Waals surface area contributed by atoms with Crippen molar-refractivity contribution in [3.63, 3.8) is 0 Å². The fraction of sp³-hybridized carbons (Fsp3) is 0.438. The van der Waals surface area contributed by atoms with Gasteiger partial charge in [0.2, 0.25) is 0 Å². The highest BCUT2D eigenvalue weighted by atomic mass is 16.5. The Morgan fingerprint density at radius 1 is 1.40 bits per heavy atom. The highest BCUT2D eigenvalue weighted by molar-refractivity contribution is 5.79. The van der Waals surface area contributed by atoms with Crippen LogP contribution in [0.3, 0.4) is 0 Å². The van der Waals surface area contributed by atoms with E-state index in [0.29, 0.717) is 6.10 Å². The van der Waals surface area contributed by atoms with Gasteiger partial charge in [-0.2, -0.15) is 0 Å². The molecule has 1 N–H and O–H groups in total. The normalized spacial score (nSPS) is 20.9. The van der Waals surface area contributed by atoms with Gasteiger partial charge in [-0.3, -0.25) is 0 Å². The maximum Gasteiger partial charge on any atom is 0.0951 e. The zero-order valence-electron chi connectivity index (χ0n) is 11.5. The molecule has 1 aromatic carbocycles. The first-order chi connectivity index (χ1) is 9.92. The molecule has 1 unspecified atom stereocenters. The molecule has 0 bridgehead atoms. The maximum atomic E-state index is 5.75. The van der Waals surface area contributed by atoms with Gasteiger partial charge in [-0.05, 0) is 24.8 Å². The molecule has 2 aliphatic heterocycles. The van der Waals surface area contributed by atoms with Gasteiger partial charge >= 0.3 is 0 Å². The molecule has 4 rings (SSSR count). The number of anilines is 1. The molecule has 1 fully saturated rings. The average Bonchev–Trinajstić information content (AvgIpc) is 3.19. The van der Waals surface area contributed by atoms with Crippen LogP contribution >= 0.6 is 0 Å². The molecule has 1 saturated heterocycles. The van der Waals surface area contributed by atoms with Gasteiger partial charge < -0.3 is 14.6 Å². The number of fused-ring (bicyclic) bond motifs is 1. The molecule has 2 aliphatic rings. The van der Waals surface area contributed by atoms with Gasteiger partial charge in [0.05, 0.1) is 30.9 Å². The molecule has 0 radical (unpaired) electrons. The Labute approximate surface area is 118 Å². The Morgan fingerprint density at radius 2 is 2.40 bits per heavy atom. The zero-order valence-corrected chi connectivity index (χ0v) is 11.5. The number of nitrogens with zero attached hydrogens (tertiary/aromatic N) is 2. The van der Waals surface area contributed by atoms with Crippen molar-refractivity contribution in [2.75, 3.05) is 18.5 Å². The number of nitrogens with one attached hydrogen (secondary N) is 1. The van der Waals surface area contributed by atoms with Crippen LogP contribution in [0.1, 0.15) is 18.4 Å². The minimum absolute atomic E-state index is 0.340. The molecule has 4 nitrogen and oxygen atoms in total. The number of hydrogen-bond donors (Lipinski definition) is 1. The summed E-state index contributed by atoms with van der Waals surface area (Å²) in [7, 11) is 0. The molecule has 0 aliphatic carbocycles. The maximum absolute atomic E-state index is 5.75. The van der Waals surface area contributed by atoms with E-state index in [2.05, 4.69) is 33.1 Å². The van der Waals surface area contributed by atoms with Crippen molar-refractivity contribution in [1.29, 1.82) is 0 Å². The van der Waals surface area contributed by atoms with Crippen molar-refractivity contribution >= 4 is 5.69 Å². The van der Waals surface area contributed by atoms with Crippen LogP contribution in [0.25, 0.3) is 11.3 Å². The Morgan fingerprint density at radius 3 is 3.30 bits per heavy atom. The van der Waals surface area contributed by atoms with E-state index in [4.69, 9.17) is 4.74 Å². The lowest BCUT2D eigenvalue weighted by molar-refractivity contribution is 0.0973. The van der Waals surface area contributed by atoms with Crippen LogP contribution < -0.4 is 5.32 Å². The number of rotatable bonds is 3. The smallest absolute Gasteiger partial charge is 0.0951 e. The number of hydrogen-bond acceptors (Lipinski definition) is 3. The lowest BCUT2D eigenvalue weighted by atomic mass is 10.1. The Kier molecular flexibility index (Phi) is 2.96. The predicted molar refractivity (Wildman–Crippen MR) is 78.8 cm³/mol. The van der Waals surface area contributed by atoms with Crippen LogP contribution in [0.5, 0.6) is 0 Å². The lowest BCUT2D eigenvalue weighted by Crippen LogP contribution is -2.15. The molecule has 0 spiro atoms. The van der Waals surface area contributed by atoms with Crippen LogP contribution in [0, 0.1) is 0 Å². The van der Waals surface area contributed by atoms with Gasteiger partial charge in [0.1, 0.15) is 0 Å². The number of ether oxygens (including phenoxy) is 1. The second-order valence-electron chi connectivity index (χ2n) is 5.58. The summed E-state index contributed by atoms with van der Waals surface area (Å²) in [6.45, 7) is 2.84. The van der Waals surface area contributed by atoms with E-state index in [0.717, 1.165) is 32.5 Å². The number of imidazole rings is 1. The van der Waals surface area contributed by atoms with Crippen molar-refractivity contribution in [2.45, 2.75) is 31.9 Å². The fourth-order valence-corrected chi connectivity index (χ4v) is 3.25. The number of benzene rings is 1. The van der Waals surface area contributed by atoms with Crippen LogP contribution in [-0.4, -0.2) is 28.8 Å². The van der Waals surface area contributed by atoms with Gasteiger partial charge in [0.25, 0.3) is 0 Å². The molecule has 3 heterocycles. The monoisotopic (exact) mass is 269 g/mol. The highest BCUT2D eigenvalue weighted by Gasteiger charge is 2.20. The third-order valence-electron chi connectivity index (χ3n) is 4.26. The van der Waals surface area contributed by atoms with Crippen molar-refractivity contribution in [1.82, 2.24) is 9.55 Å². The van der Waals surface area contributed by atoms with Gasteiger partial charge in [0.15, 0.2) is 0 Å². The fourth-order valence-electron chi connectivity index (χ4n) is 3.25. The van der Waals surface area contributed by atoms with E-state index in [-0.39, 0.29) is 0 Å². The van der Waals surface area contributed by atoms with Crippen LogP contribution in [0.4, 0.5) is 5.69 Å². The summed E-state index contributed by atoms with van der Waals surface area (Å²) in [4.78, 5) is 4.35. The summed E-state index contributed by atoms with van der Waals surface area (Å²) in [5.74, 6) is 0. The third-order valence-corrected chi connectivity index (χ3v) is 4.26. The molecule has 104 valence electrons. The van der Waals surface area contributed by atoms with Crippen LogP contribution in [0.2, 0.25) is 0 Å². The van der Waals surface area contributed by atoms with E-state index in [1.807, 2.05) is 12.5 Å². The van der Waals surface area contributed by atoms with Crippen molar-refractivity contribution in [3.05, 3.63) is 36.3 Å². The van der Waals surface area contributed by atoms with E-state index in [1.165, 1.54) is 28.9 Å². The second-order valence-corrected chi connectivity index (χ2v) is 5.58. The quantitative estimate of drug-likeness (QED) is 0.931. The number of para-hydroxylation sites is 1. The average molecular weight is 269 g/mol. The van der Waals surface area contributed by atoms with E-state index in [1.54, 1.807) is 0 Å². The summed E-state index contributed by atoms with van der Waals surface area (Å²) < 4.78 is 7.97. The van der Waals surface area contributed by atoms with Gasteiger partial charge in [-0.25, -0.2) is 4.98 Å². The molecule has 0 amide bonds. The van der Waals surface area contributed by atoms with Gasteiger partial charge in [-0.1, -0.05) is 18.2 Å². The Balaban J connectivity index is 1.69. The molecule has 1 aromatic heterocycles. The Bertz CT molecular complexity index is 614. The summed E-state index contributed by atoms with van der Waals surface area (Å²) in [5, 5.41) is 3.51. The van der Waals surface area contributed by atoms with Crippen molar-refractivity contribution in [3.8, 4) is 11.3 Å². The van der Waals surface area contributed by atoms with E-state index < -0.39 is 0 Å². The first-order valence-corrected chi connectivity index (χ1v) is 7.40. The van der Waals surface area contributed by atoms with Crippen molar-refractivity contribution in [2.24, 2.45) is 0 Å². The predicted octanol–water partition coefficient (Wildman–Crippen LogP) is 2.70. The first kappa shape index (κ1) is 12.0. The van der Waals surface area contributed by atoms with Gasteiger partial charge in [0, 0.05) is 24.4 Å². The minimum atomic E-state index is 0.340. The summed E-state index contributed by atoms with van der Waals surface area (Å²) in [6, 6.07) is 6.53. The van der Waals surface area contributed by atoms with E-state index >= 15 is 0 Å². The van der Waals surface area contributed by atoms with Crippen LogP contribution in [-0.2, 0) is 17.7 Å². The van der Waals surface area contributed by atoms with Crippen LogP contribution in [0.15, 0.2) is 30.7 Å². The molecule has 2 aromatic rings. The summed E-state index contributed by atoms with van der Waals surface area (Å²) in [6.07, 6.45) is 7.67. The summed E-state index contributed by atoms with van der Waals surface area (Å²) >= 11 is 0. The molecule has 4 heteroatoms. The van der Waals surface area contributed by atoms with E-state index in [9.17, 15) is 0 Å². The molecule has 0 saturated carbocycles. The molecule has 20 heavy (non-hydrogen) atoms. The van der Waals surface area contributed by atoms with Gasteiger partial charge in [-0.15, -0.1) is 0 Å².